The molecule has 174 valence electrons. The first-order valence-electron chi connectivity index (χ1n) is 11.8. The Hall–Kier alpha value is -1.24. The molecule has 7 heteroatoms. The van der Waals surface area contributed by atoms with Crippen LogP contribution in [0.25, 0.3) is 0 Å². The maximum atomic E-state index is 13.1. The van der Waals surface area contributed by atoms with Gasteiger partial charge in [-0.1, -0.05) is 27.5 Å². The van der Waals surface area contributed by atoms with Crippen LogP contribution in [0.5, 0.6) is 0 Å². The molecule has 2 aliphatic carbocycles. The van der Waals surface area contributed by atoms with Crippen LogP contribution >= 0.6 is 43.5 Å². The van der Waals surface area contributed by atoms with E-state index in [0.717, 1.165) is 58.4 Å². The van der Waals surface area contributed by atoms with E-state index in [-0.39, 0.29) is 17.7 Å². The van der Waals surface area contributed by atoms with Gasteiger partial charge in [0.1, 0.15) is 5.78 Å². The highest BCUT2D eigenvalue weighted by Crippen LogP contribution is 2.46. The lowest BCUT2D eigenvalue weighted by Crippen LogP contribution is -2.43. The van der Waals surface area contributed by atoms with Crippen molar-refractivity contribution in [1.29, 1.82) is 0 Å². The molecule has 1 atom stereocenters. The number of Topliss-reactive ketones (excluding diaryl/α,β-unsaturated/α-hetero) is 1. The van der Waals surface area contributed by atoms with Gasteiger partial charge in [0.05, 0.1) is 5.69 Å². The number of rotatable bonds is 2. The van der Waals surface area contributed by atoms with Crippen molar-refractivity contribution in [1.82, 2.24) is 9.88 Å². The van der Waals surface area contributed by atoms with Gasteiger partial charge < -0.3 is 4.90 Å². The number of carbonyl (C=O) groups excluding carboxylic acids is 2. The van der Waals surface area contributed by atoms with Crippen LogP contribution in [0.3, 0.4) is 0 Å². The second-order valence-corrected chi connectivity index (χ2v) is 11.8. The van der Waals surface area contributed by atoms with E-state index in [1.165, 1.54) is 16.7 Å². The number of piperidine rings is 1. The normalized spacial score (nSPS) is 22.0. The summed E-state index contributed by atoms with van der Waals surface area (Å²) < 4.78 is 2.06. The fourth-order valence-corrected chi connectivity index (χ4v) is 7.43. The van der Waals surface area contributed by atoms with Crippen LogP contribution in [0.4, 0.5) is 0 Å². The summed E-state index contributed by atoms with van der Waals surface area (Å²) in [5.41, 5.74) is 5.05. The lowest BCUT2D eigenvalue weighted by molar-refractivity contribution is -0.139. The van der Waals surface area contributed by atoms with Crippen molar-refractivity contribution in [3.05, 3.63) is 60.7 Å². The Morgan fingerprint density at radius 1 is 0.970 bits per heavy atom. The number of aryl methyl sites for hydroxylation is 2. The zero-order valence-corrected chi connectivity index (χ0v) is 22.4. The Bertz CT molecular complexity index is 1090. The van der Waals surface area contributed by atoms with Crippen LogP contribution in [0.15, 0.2) is 33.3 Å². The smallest absolute Gasteiger partial charge is 0.225 e. The van der Waals surface area contributed by atoms with E-state index < -0.39 is 0 Å². The molecule has 2 heterocycles. The standard InChI is InChI=1S/C26H27Br2ClN2O2/c27-19-11-18-2-1-17-12-20(29)13-22(28)23(17)24(25(18)30-14-19)15-7-9-31(10-8-15)26(33)16-3-5-21(32)6-4-16/h11-16,24H,1-10H2. The lowest BCUT2D eigenvalue weighted by atomic mass is 9.76. The van der Waals surface area contributed by atoms with Gasteiger partial charge in [0, 0.05) is 57.9 Å². The first-order valence-corrected chi connectivity index (χ1v) is 13.8. The maximum absolute atomic E-state index is 13.1. The van der Waals surface area contributed by atoms with E-state index >= 15 is 0 Å². The minimum Gasteiger partial charge on any atom is -0.342 e. The van der Waals surface area contributed by atoms with Gasteiger partial charge >= 0.3 is 0 Å². The average molecular weight is 595 g/mol. The lowest BCUT2D eigenvalue weighted by Gasteiger charge is -2.38. The van der Waals surface area contributed by atoms with Crippen LogP contribution in [0.2, 0.25) is 5.02 Å². The van der Waals surface area contributed by atoms with Gasteiger partial charge in [-0.2, -0.15) is 0 Å². The summed E-state index contributed by atoms with van der Waals surface area (Å²) in [4.78, 5) is 31.6. The number of ketones is 1. The summed E-state index contributed by atoms with van der Waals surface area (Å²) in [6.07, 6.45) is 8.23. The van der Waals surface area contributed by atoms with Gasteiger partial charge in [-0.05, 0) is 95.3 Å². The highest BCUT2D eigenvalue weighted by atomic mass is 79.9. The molecule has 2 aromatic rings. The third kappa shape index (κ3) is 4.81. The number of nitrogens with zero attached hydrogens (tertiary/aromatic N) is 2. The molecule has 1 saturated heterocycles. The van der Waals surface area contributed by atoms with Crippen molar-refractivity contribution in [2.45, 2.75) is 57.3 Å². The number of carbonyl (C=O) groups is 2. The van der Waals surface area contributed by atoms with E-state index in [1.807, 2.05) is 17.2 Å². The van der Waals surface area contributed by atoms with Gasteiger partial charge in [-0.25, -0.2) is 0 Å². The maximum Gasteiger partial charge on any atom is 0.225 e. The van der Waals surface area contributed by atoms with Crippen molar-refractivity contribution in [3.63, 3.8) is 0 Å². The molecular weight excluding hydrogens is 568 g/mol. The highest BCUT2D eigenvalue weighted by molar-refractivity contribution is 9.10. The third-order valence-electron chi connectivity index (χ3n) is 7.63. The molecule has 0 spiro atoms. The van der Waals surface area contributed by atoms with Crippen molar-refractivity contribution >= 4 is 55.2 Å². The molecule has 3 aliphatic rings. The number of aromatic nitrogens is 1. The number of benzene rings is 1. The molecule has 5 rings (SSSR count). The Balaban J connectivity index is 1.41. The molecule has 1 saturated carbocycles. The topological polar surface area (TPSA) is 50.3 Å². The number of fused-ring (bicyclic) bond motifs is 2. The number of amides is 1. The summed E-state index contributed by atoms with van der Waals surface area (Å²) in [5.74, 6) is 1.16. The molecule has 1 aromatic carbocycles. The van der Waals surface area contributed by atoms with E-state index in [9.17, 15) is 9.59 Å². The van der Waals surface area contributed by atoms with Crippen LogP contribution in [-0.4, -0.2) is 34.7 Å². The summed E-state index contributed by atoms with van der Waals surface area (Å²) in [7, 11) is 0. The number of pyridine rings is 1. The minimum atomic E-state index is 0.0221. The van der Waals surface area contributed by atoms with E-state index in [2.05, 4.69) is 44.0 Å². The van der Waals surface area contributed by atoms with E-state index in [1.54, 1.807) is 0 Å². The van der Waals surface area contributed by atoms with Crippen molar-refractivity contribution < 1.29 is 9.59 Å². The molecule has 1 aromatic heterocycles. The average Bonchev–Trinajstić information content (AvgIpc) is 2.96. The number of likely N-dealkylation sites (tertiary alicyclic amines) is 1. The quantitative estimate of drug-likeness (QED) is 0.400. The largest absolute Gasteiger partial charge is 0.342 e. The summed E-state index contributed by atoms with van der Waals surface area (Å²) in [6, 6.07) is 6.32. The fraction of sp³-hybridized carbons (Fsp3) is 0.500. The number of hydrogen-bond donors (Lipinski definition) is 0. The van der Waals surface area contributed by atoms with Crippen molar-refractivity contribution in [2.75, 3.05) is 13.1 Å². The zero-order chi connectivity index (χ0) is 23.1. The van der Waals surface area contributed by atoms with Crippen LogP contribution in [0, 0.1) is 11.8 Å². The number of halogens is 3. The van der Waals surface area contributed by atoms with Crippen LogP contribution < -0.4 is 0 Å². The summed E-state index contributed by atoms with van der Waals surface area (Å²) >= 11 is 13.8. The van der Waals surface area contributed by atoms with Gasteiger partial charge in [-0.3, -0.25) is 14.6 Å². The molecule has 0 radical (unpaired) electrons. The second kappa shape index (κ2) is 9.79. The predicted octanol–water partition coefficient (Wildman–Crippen LogP) is 6.49. The monoisotopic (exact) mass is 592 g/mol. The Morgan fingerprint density at radius 2 is 1.67 bits per heavy atom. The van der Waals surface area contributed by atoms with Gasteiger partial charge in [-0.15, -0.1) is 0 Å². The first-order chi connectivity index (χ1) is 15.9. The molecule has 4 nitrogen and oxygen atoms in total. The SMILES string of the molecule is O=C1CCC(C(=O)N2CCC(C3c4ncc(Br)cc4CCc4cc(Cl)cc(Br)c43)CC2)CC1. The second-order valence-electron chi connectivity index (χ2n) is 9.61. The van der Waals surface area contributed by atoms with Crippen LogP contribution in [0.1, 0.15) is 66.8 Å². The van der Waals surface area contributed by atoms with Gasteiger partial charge in [0.15, 0.2) is 0 Å². The van der Waals surface area contributed by atoms with Crippen molar-refractivity contribution in [2.24, 2.45) is 11.8 Å². The molecule has 1 aliphatic heterocycles. The van der Waals surface area contributed by atoms with Crippen LogP contribution in [-0.2, 0) is 22.4 Å². The summed E-state index contributed by atoms with van der Waals surface area (Å²) in [5, 5.41) is 0.755. The fourth-order valence-electron chi connectivity index (χ4n) is 5.93. The molecule has 0 N–H and O–H groups in total. The molecule has 2 fully saturated rings. The van der Waals surface area contributed by atoms with E-state index in [0.29, 0.717) is 37.4 Å². The third-order valence-corrected chi connectivity index (χ3v) is 8.94. The number of hydrogen-bond acceptors (Lipinski definition) is 3. The Morgan fingerprint density at radius 3 is 2.39 bits per heavy atom. The van der Waals surface area contributed by atoms with Crippen molar-refractivity contribution in [3.8, 4) is 0 Å². The van der Waals surface area contributed by atoms with Gasteiger partial charge in [0.25, 0.3) is 0 Å². The molecule has 33 heavy (non-hydrogen) atoms. The molecule has 1 amide bonds. The minimum absolute atomic E-state index is 0.0221. The summed E-state index contributed by atoms with van der Waals surface area (Å²) in [6.45, 7) is 1.55. The molecule has 1 unspecified atom stereocenters. The predicted molar refractivity (Wildman–Crippen MR) is 137 cm³/mol. The van der Waals surface area contributed by atoms with Gasteiger partial charge in [0.2, 0.25) is 5.91 Å². The molecule has 0 bridgehead atoms. The zero-order valence-electron chi connectivity index (χ0n) is 18.5. The Labute approximate surface area is 216 Å². The Kier molecular flexibility index (Phi) is 6.97. The highest BCUT2D eigenvalue weighted by Gasteiger charge is 2.37. The molecular formula is C26H27Br2ClN2O2. The van der Waals surface area contributed by atoms with E-state index in [4.69, 9.17) is 16.6 Å². The first kappa shape index (κ1) is 23.5.